The lowest BCUT2D eigenvalue weighted by Crippen LogP contribution is -2.52. The summed E-state index contributed by atoms with van der Waals surface area (Å²) in [6, 6.07) is 10.1. The Morgan fingerprint density at radius 2 is 1.97 bits per heavy atom. The van der Waals surface area contributed by atoms with Crippen LogP contribution in [-0.2, 0) is 11.3 Å². The van der Waals surface area contributed by atoms with Gasteiger partial charge < -0.3 is 19.3 Å². The van der Waals surface area contributed by atoms with Crippen LogP contribution < -0.4 is 14.4 Å². The van der Waals surface area contributed by atoms with Crippen LogP contribution >= 0.6 is 11.3 Å². The van der Waals surface area contributed by atoms with Crippen molar-refractivity contribution in [3.63, 3.8) is 0 Å². The lowest BCUT2D eigenvalue weighted by molar-refractivity contribution is -0.137. The molecule has 2 aromatic heterocycles. The predicted molar refractivity (Wildman–Crippen MR) is 127 cm³/mol. The van der Waals surface area contributed by atoms with Gasteiger partial charge in [-0.1, -0.05) is 17.4 Å². The number of thiazole rings is 1. The number of carbonyl (C=O) groups excluding carboxylic acids is 1. The number of fused-ring (bicyclic) bond motifs is 2. The highest BCUT2D eigenvalue weighted by Gasteiger charge is 2.32. The summed E-state index contributed by atoms with van der Waals surface area (Å²) in [5, 5.41) is 0.981. The number of piperidine rings is 1. The van der Waals surface area contributed by atoms with E-state index < -0.39 is 0 Å². The zero-order valence-electron chi connectivity index (χ0n) is 18.5. The molecule has 3 aliphatic rings. The first-order valence-corrected chi connectivity index (χ1v) is 12.4. The number of piperazine rings is 1. The molecule has 0 spiro atoms. The van der Waals surface area contributed by atoms with E-state index in [1.54, 1.807) is 17.5 Å². The van der Waals surface area contributed by atoms with E-state index in [0.29, 0.717) is 12.7 Å². The molecule has 1 atom stereocenters. The quantitative estimate of drug-likeness (QED) is 0.587. The molecule has 0 unspecified atom stereocenters. The first-order chi connectivity index (χ1) is 16.2. The van der Waals surface area contributed by atoms with E-state index in [4.69, 9.17) is 14.5 Å². The summed E-state index contributed by atoms with van der Waals surface area (Å²) in [5.41, 5.74) is 2.15. The van der Waals surface area contributed by atoms with Crippen LogP contribution in [-0.4, -0.2) is 71.7 Å². The van der Waals surface area contributed by atoms with E-state index in [2.05, 4.69) is 31.8 Å². The number of hydrogen-bond donors (Lipinski definition) is 0. The molecule has 2 fully saturated rings. The highest BCUT2D eigenvalue weighted by molar-refractivity contribution is 7.21. The standard InChI is InChI=1S/C24H27N5O3S/c30-23(18-3-2-8-29(15-18)24-26-19-4-1-7-25-22(19)33-24)28-11-9-27(10-12-28)14-17-5-6-20-21(13-17)32-16-31-20/h1,4-7,13,18H,2-3,8-12,14-16H2/t18-/m0/s1. The molecule has 9 heteroatoms. The van der Waals surface area contributed by atoms with Crippen molar-refractivity contribution in [2.24, 2.45) is 5.92 Å². The van der Waals surface area contributed by atoms with Gasteiger partial charge in [0, 0.05) is 52.0 Å². The van der Waals surface area contributed by atoms with Gasteiger partial charge in [-0.05, 0) is 42.7 Å². The molecule has 0 aliphatic carbocycles. The number of ether oxygens (including phenoxy) is 2. The summed E-state index contributed by atoms with van der Waals surface area (Å²) in [6.45, 7) is 6.20. The molecule has 1 aromatic carbocycles. The van der Waals surface area contributed by atoms with Gasteiger partial charge in [0.15, 0.2) is 16.6 Å². The lowest BCUT2D eigenvalue weighted by atomic mass is 9.96. The zero-order valence-corrected chi connectivity index (χ0v) is 19.3. The smallest absolute Gasteiger partial charge is 0.231 e. The Kier molecular flexibility index (Phi) is 5.51. The van der Waals surface area contributed by atoms with Crippen molar-refractivity contribution >= 4 is 32.7 Å². The summed E-state index contributed by atoms with van der Waals surface area (Å²) in [7, 11) is 0. The number of rotatable bonds is 4. The Labute approximate surface area is 196 Å². The molecule has 0 N–H and O–H groups in total. The molecular formula is C24H27N5O3S. The van der Waals surface area contributed by atoms with E-state index in [1.807, 2.05) is 18.2 Å². The third-order valence-corrected chi connectivity index (χ3v) is 7.76. The molecule has 0 bridgehead atoms. The molecule has 5 heterocycles. The number of pyridine rings is 1. The van der Waals surface area contributed by atoms with E-state index in [1.165, 1.54) is 5.56 Å². The molecule has 0 radical (unpaired) electrons. The second-order valence-corrected chi connectivity index (χ2v) is 9.85. The van der Waals surface area contributed by atoms with E-state index >= 15 is 0 Å². The molecule has 0 saturated carbocycles. The largest absolute Gasteiger partial charge is 0.454 e. The monoisotopic (exact) mass is 465 g/mol. The van der Waals surface area contributed by atoms with Gasteiger partial charge in [-0.15, -0.1) is 0 Å². The van der Waals surface area contributed by atoms with Crippen molar-refractivity contribution in [1.82, 2.24) is 19.8 Å². The molecule has 172 valence electrons. The van der Waals surface area contributed by atoms with Crippen molar-refractivity contribution in [2.45, 2.75) is 19.4 Å². The van der Waals surface area contributed by atoms with Crippen LogP contribution in [0.15, 0.2) is 36.5 Å². The van der Waals surface area contributed by atoms with Gasteiger partial charge in [-0.25, -0.2) is 9.97 Å². The fourth-order valence-electron chi connectivity index (χ4n) is 4.93. The van der Waals surface area contributed by atoms with Gasteiger partial charge >= 0.3 is 0 Å². The number of anilines is 1. The van der Waals surface area contributed by atoms with Crippen LogP contribution in [0.5, 0.6) is 11.5 Å². The van der Waals surface area contributed by atoms with Crippen molar-refractivity contribution in [3.05, 3.63) is 42.1 Å². The highest BCUT2D eigenvalue weighted by Crippen LogP contribution is 2.33. The summed E-state index contributed by atoms with van der Waals surface area (Å²) < 4.78 is 10.9. The van der Waals surface area contributed by atoms with Gasteiger partial charge in [0.1, 0.15) is 10.3 Å². The minimum Gasteiger partial charge on any atom is -0.454 e. The first-order valence-electron chi connectivity index (χ1n) is 11.6. The summed E-state index contributed by atoms with van der Waals surface area (Å²) in [5.74, 6) is 1.98. The maximum atomic E-state index is 13.3. The van der Waals surface area contributed by atoms with Crippen molar-refractivity contribution in [3.8, 4) is 11.5 Å². The van der Waals surface area contributed by atoms with Crippen molar-refractivity contribution in [2.75, 3.05) is 51.0 Å². The number of carbonyl (C=O) groups is 1. The number of benzene rings is 1. The average molecular weight is 466 g/mol. The molecule has 33 heavy (non-hydrogen) atoms. The van der Waals surface area contributed by atoms with Gasteiger partial charge in [-0.3, -0.25) is 9.69 Å². The van der Waals surface area contributed by atoms with E-state index in [0.717, 1.165) is 85.6 Å². The van der Waals surface area contributed by atoms with E-state index in [9.17, 15) is 4.79 Å². The second kappa shape index (κ2) is 8.79. The molecular weight excluding hydrogens is 438 g/mol. The molecule has 3 aromatic rings. The molecule has 3 aliphatic heterocycles. The van der Waals surface area contributed by atoms with Crippen LogP contribution in [0.25, 0.3) is 10.3 Å². The Balaban J connectivity index is 1.04. The van der Waals surface area contributed by atoms with Gasteiger partial charge in [0.05, 0.1) is 5.92 Å². The number of nitrogens with zero attached hydrogens (tertiary/aromatic N) is 5. The topological polar surface area (TPSA) is 71.0 Å². The Morgan fingerprint density at radius 3 is 2.85 bits per heavy atom. The number of aromatic nitrogens is 2. The fourth-order valence-corrected chi connectivity index (χ4v) is 5.87. The van der Waals surface area contributed by atoms with Crippen molar-refractivity contribution < 1.29 is 14.3 Å². The predicted octanol–water partition coefficient (Wildman–Crippen LogP) is 2.98. The zero-order chi connectivity index (χ0) is 22.2. The Hall–Kier alpha value is -2.91. The van der Waals surface area contributed by atoms with Gasteiger partial charge in [0.25, 0.3) is 0 Å². The third-order valence-electron chi connectivity index (χ3n) is 6.72. The Morgan fingerprint density at radius 1 is 1.09 bits per heavy atom. The van der Waals surface area contributed by atoms with Crippen molar-refractivity contribution in [1.29, 1.82) is 0 Å². The maximum Gasteiger partial charge on any atom is 0.231 e. The number of amides is 1. The second-order valence-electron chi connectivity index (χ2n) is 8.90. The minimum atomic E-state index is 0.0409. The van der Waals surface area contributed by atoms with Crippen LogP contribution in [0.2, 0.25) is 0 Å². The molecule has 6 rings (SSSR count). The third kappa shape index (κ3) is 4.22. The lowest BCUT2D eigenvalue weighted by Gasteiger charge is -2.39. The van der Waals surface area contributed by atoms with Crippen LogP contribution in [0.1, 0.15) is 18.4 Å². The molecule has 2 saturated heterocycles. The van der Waals surface area contributed by atoms with Crippen LogP contribution in [0.3, 0.4) is 0 Å². The maximum absolute atomic E-state index is 13.3. The average Bonchev–Trinajstić information content (AvgIpc) is 3.51. The molecule has 1 amide bonds. The van der Waals surface area contributed by atoms with Gasteiger partial charge in [0.2, 0.25) is 12.7 Å². The summed E-state index contributed by atoms with van der Waals surface area (Å²) in [6.07, 6.45) is 3.78. The highest BCUT2D eigenvalue weighted by atomic mass is 32.1. The SMILES string of the molecule is O=C([C@H]1CCCN(c2nc3cccnc3s2)C1)N1CCN(Cc2ccc3c(c2)OCO3)CC1. The fraction of sp³-hybridized carbons (Fsp3) is 0.458. The normalized spacial score (nSPS) is 21.0. The van der Waals surface area contributed by atoms with Crippen LogP contribution in [0, 0.1) is 5.92 Å². The minimum absolute atomic E-state index is 0.0409. The Bertz CT molecular complexity index is 1130. The molecule has 8 nitrogen and oxygen atoms in total. The van der Waals surface area contributed by atoms with Crippen LogP contribution in [0.4, 0.5) is 5.13 Å². The van der Waals surface area contributed by atoms with Gasteiger partial charge in [-0.2, -0.15) is 0 Å². The summed E-state index contributed by atoms with van der Waals surface area (Å²) >= 11 is 1.62. The van der Waals surface area contributed by atoms with E-state index in [-0.39, 0.29) is 5.92 Å². The summed E-state index contributed by atoms with van der Waals surface area (Å²) in [4.78, 5) is 30.2. The number of hydrogen-bond acceptors (Lipinski definition) is 8. The first kappa shape index (κ1) is 20.7.